The normalized spacial score (nSPS) is 24.3. The Hall–Kier alpha value is -2.16. The fourth-order valence-electron chi connectivity index (χ4n) is 4.16. The summed E-state index contributed by atoms with van der Waals surface area (Å²) in [6.07, 6.45) is 8.12. The van der Waals surface area contributed by atoms with Crippen molar-refractivity contribution in [1.82, 2.24) is 4.90 Å². The molecule has 7 heteroatoms. The summed E-state index contributed by atoms with van der Waals surface area (Å²) < 4.78 is 20.2. The van der Waals surface area contributed by atoms with Crippen LogP contribution in [0.4, 0.5) is 4.39 Å². The monoisotopic (exact) mass is 461 g/mol. The average molecular weight is 462 g/mol. The van der Waals surface area contributed by atoms with Crippen molar-refractivity contribution in [1.29, 1.82) is 0 Å². The van der Waals surface area contributed by atoms with Gasteiger partial charge in [0.05, 0.1) is 37.4 Å². The Morgan fingerprint density at radius 2 is 2.09 bits per heavy atom. The number of nitrogens with zero attached hydrogens (tertiary/aromatic N) is 1. The number of β-amino-alcohol motifs (C(OH)–C–C–N with tert-alkyl or cyclic N) is 1. The number of benzene rings is 1. The van der Waals surface area contributed by atoms with Crippen LogP contribution in [0.25, 0.3) is 5.57 Å². The average Bonchev–Trinajstić information content (AvgIpc) is 2.78. The molecule has 6 nitrogen and oxygen atoms in total. The summed E-state index contributed by atoms with van der Waals surface area (Å²) in [6.45, 7) is 7.00. The van der Waals surface area contributed by atoms with Gasteiger partial charge in [-0.15, -0.1) is 0 Å². The maximum absolute atomic E-state index is 14.5. The van der Waals surface area contributed by atoms with E-state index in [0.29, 0.717) is 31.6 Å². The molecule has 1 aliphatic heterocycles. The number of aliphatic hydroxyl groups excluding tert-OH is 3. The Labute approximate surface area is 195 Å². The van der Waals surface area contributed by atoms with Gasteiger partial charge in [0.15, 0.2) is 0 Å². The van der Waals surface area contributed by atoms with Gasteiger partial charge in [-0.2, -0.15) is 0 Å². The molecule has 0 bridgehead atoms. The summed E-state index contributed by atoms with van der Waals surface area (Å²) in [6, 6.07) is 4.54. The summed E-state index contributed by atoms with van der Waals surface area (Å²) >= 11 is 0. The lowest BCUT2D eigenvalue weighted by Crippen LogP contribution is -2.60. The molecular formula is C26H36FNO5. The van der Waals surface area contributed by atoms with Crippen molar-refractivity contribution in [3.63, 3.8) is 0 Å². The number of carbonyl (C=O) groups excluding carboxylic acids is 1. The first kappa shape index (κ1) is 27.1. The van der Waals surface area contributed by atoms with Crippen LogP contribution in [0.3, 0.4) is 0 Å². The van der Waals surface area contributed by atoms with E-state index >= 15 is 0 Å². The molecule has 1 aromatic carbocycles. The molecule has 3 N–H and O–H groups in total. The minimum Gasteiger partial charge on any atom is -0.395 e. The standard InChI is InChI=1S/C26H36FNO5/c1-3-8-20(9-4-2)21-11-10-19(14-23(21)27)18-33-13-7-5-6-12-28-15-25(31)22(16-29)26(32)24(28)17-30/h3-4,8-11,14,16,22,24-26,30-32H,1,5-7,12-13,15,17-18H2,2H3/b9-4-,20-8+/t22-,24+,25+,26+/m1/s1. The molecule has 182 valence electrons. The molecule has 0 spiro atoms. The van der Waals surface area contributed by atoms with Crippen molar-refractivity contribution in [2.24, 2.45) is 5.92 Å². The lowest BCUT2D eigenvalue weighted by atomic mass is 9.86. The van der Waals surface area contributed by atoms with Gasteiger partial charge in [-0.3, -0.25) is 4.90 Å². The molecule has 0 amide bonds. The van der Waals surface area contributed by atoms with Gasteiger partial charge >= 0.3 is 0 Å². The highest BCUT2D eigenvalue weighted by molar-refractivity contribution is 5.75. The number of ether oxygens (including phenoxy) is 1. The molecule has 0 saturated carbocycles. The van der Waals surface area contributed by atoms with Crippen LogP contribution in [0.1, 0.15) is 37.3 Å². The van der Waals surface area contributed by atoms with Crippen LogP contribution < -0.4 is 0 Å². The quantitative estimate of drug-likeness (QED) is 0.238. The van der Waals surface area contributed by atoms with Crippen molar-refractivity contribution >= 4 is 11.9 Å². The largest absolute Gasteiger partial charge is 0.395 e. The number of rotatable bonds is 13. The van der Waals surface area contributed by atoms with Gasteiger partial charge in [-0.1, -0.05) is 43.0 Å². The number of likely N-dealkylation sites (tertiary alicyclic amines) is 1. The van der Waals surface area contributed by atoms with Crippen LogP contribution in [-0.4, -0.2) is 71.1 Å². The first-order chi connectivity index (χ1) is 16.0. The Balaban J connectivity index is 1.72. The highest BCUT2D eigenvalue weighted by Crippen LogP contribution is 2.24. The van der Waals surface area contributed by atoms with Gasteiger partial charge < -0.3 is 24.9 Å². The molecule has 1 aromatic rings. The topological polar surface area (TPSA) is 90.2 Å². The lowest BCUT2D eigenvalue weighted by Gasteiger charge is -2.43. The molecule has 0 unspecified atom stereocenters. The van der Waals surface area contributed by atoms with E-state index in [4.69, 9.17) is 4.74 Å². The van der Waals surface area contributed by atoms with Gasteiger partial charge in [-0.05, 0) is 49.9 Å². The van der Waals surface area contributed by atoms with Crippen molar-refractivity contribution in [3.8, 4) is 0 Å². The Morgan fingerprint density at radius 3 is 2.73 bits per heavy atom. The Bertz CT molecular complexity index is 825. The SMILES string of the molecule is C=C/C=C(\C=C/C)c1ccc(COCCCCCN2C[C@H](O)[C@@H](C=O)[C@H](O)[C@@H]2CO)cc1F. The second-order valence-electron chi connectivity index (χ2n) is 8.30. The second kappa shape index (κ2) is 14.2. The lowest BCUT2D eigenvalue weighted by molar-refractivity contribution is -0.136. The Kier molecular flexibility index (Phi) is 11.6. The van der Waals surface area contributed by atoms with E-state index in [1.54, 1.807) is 18.2 Å². The molecule has 4 atom stereocenters. The fourth-order valence-corrected chi connectivity index (χ4v) is 4.16. The third kappa shape index (κ3) is 7.69. The molecule has 1 heterocycles. The number of hydrogen-bond donors (Lipinski definition) is 3. The first-order valence-corrected chi connectivity index (χ1v) is 11.4. The Morgan fingerprint density at radius 1 is 1.30 bits per heavy atom. The number of allylic oxidation sites excluding steroid dienone is 5. The van der Waals surface area contributed by atoms with Crippen LogP contribution in [0.2, 0.25) is 0 Å². The molecular weight excluding hydrogens is 425 g/mol. The summed E-state index contributed by atoms with van der Waals surface area (Å²) in [5.74, 6) is -1.16. The maximum Gasteiger partial charge on any atom is 0.131 e. The second-order valence-corrected chi connectivity index (χ2v) is 8.30. The zero-order chi connectivity index (χ0) is 24.2. The van der Waals surface area contributed by atoms with Crippen molar-refractivity contribution in [3.05, 3.63) is 66.0 Å². The predicted molar refractivity (Wildman–Crippen MR) is 127 cm³/mol. The third-order valence-corrected chi connectivity index (χ3v) is 5.96. The zero-order valence-electron chi connectivity index (χ0n) is 19.3. The highest BCUT2D eigenvalue weighted by atomic mass is 19.1. The zero-order valence-corrected chi connectivity index (χ0v) is 19.3. The molecule has 0 aliphatic carbocycles. The fraction of sp³-hybridized carbons (Fsp3) is 0.500. The minimum absolute atomic E-state index is 0.251. The van der Waals surface area contributed by atoms with Crippen molar-refractivity contribution in [2.45, 2.75) is 51.0 Å². The number of aldehydes is 1. The number of halogens is 1. The van der Waals surface area contributed by atoms with Crippen LogP contribution in [0.5, 0.6) is 0 Å². The van der Waals surface area contributed by atoms with Gasteiger partial charge in [0.25, 0.3) is 0 Å². The van der Waals surface area contributed by atoms with Gasteiger partial charge in [0.2, 0.25) is 0 Å². The smallest absolute Gasteiger partial charge is 0.131 e. The van der Waals surface area contributed by atoms with Gasteiger partial charge in [-0.25, -0.2) is 4.39 Å². The molecule has 1 aliphatic rings. The third-order valence-electron chi connectivity index (χ3n) is 5.96. The van der Waals surface area contributed by atoms with Crippen molar-refractivity contribution in [2.75, 3.05) is 26.3 Å². The van der Waals surface area contributed by atoms with Gasteiger partial charge in [0.1, 0.15) is 12.1 Å². The number of piperidine rings is 1. The molecule has 0 aromatic heterocycles. The summed E-state index contributed by atoms with van der Waals surface area (Å²) in [5, 5.41) is 29.8. The molecule has 1 saturated heterocycles. The highest BCUT2D eigenvalue weighted by Gasteiger charge is 2.41. The van der Waals surface area contributed by atoms with Gasteiger partial charge in [0, 0.05) is 18.7 Å². The van der Waals surface area contributed by atoms with Crippen LogP contribution in [-0.2, 0) is 16.1 Å². The molecule has 2 rings (SSSR count). The maximum atomic E-state index is 14.5. The van der Waals surface area contributed by atoms with E-state index < -0.39 is 24.2 Å². The molecule has 0 radical (unpaired) electrons. The van der Waals surface area contributed by atoms with E-state index in [1.165, 1.54) is 6.07 Å². The number of carbonyl (C=O) groups is 1. The summed E-state index contributed by atoms with van der Waals surface area (Å²) in [5.41, 5.74) is 2.04. The minimum atomic E-state index is -1.08. The molecule has 33 heavy (non-hydrogen) atoms. The summed E-state index contributed by atoms with van der Waals surface area (Å²) in [4.78, 5) is 12.9. The molecule has 1 fully saturated rings. The number of unbranched alkanes of at least 4 members (excludes halogenated alkanes) is 2. The van der Waals surface area contributed by atoms with E-state index in [1.807, 2.05) is 30.0 Å². The first-order valence-electron chi connectivity index (χ1n) is 11.4. The van der Waals surface area contributed by atoms with Crippen LogP contribution in [0, 0.1) is 11.7 Å². The number of hydrogen-bond acceptors (Lipinski definition) is 6. The van der Waals surface area contributed by atoms with E-state index in [9.17, 15) is 24.5 Å². The summed E-state index contributed by atoms with van der Waals surface area (Å²) in [7, 11) is 0. The van der Waals surface area contributed by atoms with E-state index in [0.717, 1.165) is 30.4 Å². The van der Waals surface area contributed by atoms with E-state index in [-0.39, 0.29) is 19.0 Å². The van der Waals surface area contributed by atoms with Crippen molar-refractivity contribution < 1.29 is 29.2 Å². The van der Waals surface area contributed by atoms with E-state index in [2.05, 4.69) is 6.58 Å². The predicted octanol–water partition coefficient (Wildman–Crippen LogP) is 2.87. The van der Waals surface area contributed by atoms with Crippen LogP contribution in [0.15, 0.2) is 49.1 Å². The van der Waals surface area contributed by atoms with Crippen LogP contribution >= 0.6 is 0 Å². The number of aliphatic hydroxyl groups is 3.